The minimum Gasteiger partial charge on any atom is -0.312 e. The highest BCUT2D eigenvalue weighted by Crippen LogP contribution is 2.53. The summed E-state index contributed by atoms with van der Waals surface area (Å²) in [4.78, 5) is 22.6. The highest BCUT2D eigenvalue weighted by molar-refractivity contribution is 8.00. The van der Waals surface area contributed by atoms with Crippen molar-refractivity contribution in [1.82, 2.24) is 14.9 Å². The molecule has 1 amide bonds. The molecule has 0 radical (unpaired) electrons. The second-order valence-corrected chi connectivity index (χ2v) is 5.86. The summed E-state index contributed by atoms with van der Waals surface area (Å²) in [5, 5.41) is 0. The third-order valence-electron chi connectivity index (χ3n) is 3.64. The van der Waals surface area contributed by atoms with Crippen molar-refractivity contribution in [2.45, 2.75) is 4.87 Å². The molecule has 1 atom stereocenters. The first kappa shape index (κ1) is 11.0. The van der Waals surface area contributed by atoms with Crippen molar-refractivity contribution >= 4 is 17.7 Å². The maximum Gasteiger partial charge on any atom is 0.276 e. The monoisotopic (exact) mass is 269 g/mol. The van der Waals surface area contributed by atoms with Crippen LogP contribution in [0, 0.1) is 0 Å². The lowest BCUT2D eigenvalue weighted by molar-refractivity contribution is 0.0748. The fourth-order valence-electron chi connectivity index (χ4n) is 2.87. The summed E-state index contributed by atoms with van der Waals surface area (Å²) < 4.78 is 0. The fraction of sp³-hybridized carbons (Fsp3) is 0.214. The summed E-state index contributed by atoms with van der Waals surface area (Å²) in [5.74, 6) is 0.924. The molecule has 1 saturated heterocycles. The van der Waals surface area contributed by atoms with E-state index in [0.29, 0.717) is 5.69 Å². The van der Waals surface area contributed by atoms with E-state index in [2.05, 4.69) is 22.1 Å². The van der Waals surface area contributed by atoms with Crippen molar-refractivity contribution in [3.8, 4) is 0 Å². The molecule has 3 heterocycles. The van der Waals surface area contributed by atoms with Crippen LogP contribution in [0.3, 0.4) is 0 Å². The number of rotatable bonds is 1. The zero-order chi connectivity index (χ0) is 12.9. The van der Waals surface area contributed by atoms with Gasteiger partial charge in [0.2, 0.25) is 0 Å². The zero-order valence-corrected chi connectivity index (χ0v) is 10.9. The van der Waals surface area contributed by atoms with Crippen LogP contribution < -0.4 is 0 Å². The van der Waals surface area contributed by atoms with Gasteiger partial charge in [-0.25, -0.2) is 4.98 Å². The van der Waals surface area contributed by atoms with E-state index in [1.165, 1.54) is 0 Å². The zero-order valence-electron chi connectivity index (χ0n) is 10.1. The molecule has 0 spiro atoms. The number of fused-ring (bicyclic) bond motifs is 3. The molecule has 0 bridgehead atoms. The van der Waals surface area contributed by atoms with Crippen LogP contribution in [0.2, 0.25) is 0 Å². The highest BCUT2D eigenvalue weighted by Gasteiger charge is 2.56. The number of nitrogens with zero attached hydrogens (tertiary/aromatic N) is 3. The van der Waals surface area contributed by atoms with Crippen molar-refractivity contribution in [2.75, 3.05) is 12.3 Å². The second kappa shape index (κ2) is 3.81. The molecule has 2 aliphatic rings. The van der Waals surface area contributed by atoms with E-state index >= 15 is 0 Å². The third kappa shape index (κ3) is 1.28. The Morgan fingerprint density at radius 2 is 1.95 bits per heavy atom. The van der Waals surface area contributed by atoms with Crippen LogP contribution in [0.15, 0.2) is 42.7 Å². The average Bonchev–Trinajstić information content (AvgIpc) is 3.01. The van der Waals surface area contributed by atoms with Crippen molar-refractivity contribution in [1.29, 1.82) is 0 Å². The minimum absolute atomic E-state index is 0.00282. The highest BCUT2D eigenvalue weighted by atomic mass is 32.2. The topological polar surface area (TPSA) is 46.1 Å². The summed E-state index contributed by atoms with van der Waals surface area (Å²) in [7, 11) is 0. The Morgan fingerprint density at radius 1 is 1.16 bits per heavy atom. The molecule has 4 rings (SSSR count). The van der Waals surface area contributed by atoms with Gasteiger partial charge in [-0.05, 0) is 5.56 Å². The van der Waals surface area contributed by atoms with Crippen molar-refractivity contribution in [2.24, 2.45) is 0 Å². The van der Waals surface area contributed by atoms with Gasteiger partial charge in [-0.2, -0.15) is 0 Å². The van der Waals surface area contributed by atoms with Crippen LogP contribution in [-0.2, 0) is 4.87 Å². The molecule has 0 aliphatic carbocycles. The number of benzene rings is 1. The molecule has 0 N–H and O–H groups in total. The first-order valence-electron chi connectivity index (χ1n) is 6.17. The molecular formula is C14H11N3OS. The quantitative estimate of drug-likeness (QED) is 0.793. The standard InChI is InChI=1S/C14H11N3OS/c18-13-11-12(16-7-6-15-11)14(17(13)8-9-19-14)10-4-2-1-3-5-10/h1-7H,8-9H2. The Morgan fingerprint density at radius 3 is 2.79 bits per heavy atom. The molecule has 4 nitrogen and oxygen atoms in total. The summed E-state index contributed by atoms with van der Waals surface area (Å²) in [6, 6.07) is 10.1. The first-order valence-corrected chi connectivity index (χ1v) is 7.15. The van der Waals surface area contributed by atoms with Crippen molar-refractivity contribution < 1.29 is 4.79 Å². The predicted molar refractivity (Wildman–Crippen MR) is 72.7 cm³/mol. The average molecular weight is 269 g/mol. The van der Waals surface area contributed by atoms with Crippen LogP contribution in [0.5, 0.6) is 0 Å². The molecule has 2 aromatic rings. The molecule has 2 aliphatic heterocycles. The number of hydrogen-bond acceptors (Lipinski definition) is 4. The number of hydrogen-bond donors (Lipinski definition) is 0. The number of carbonyl (C=O) groups excluding carboxylic acids is 1. The van der Waals surface area contributed by atoms with E-state index in [1.807, 2.05) is 23.1 Å². The number of aromatic nitrogens is 2. The number of thioether (sulfide) groups is 1. The first-order chi connectivity index (χ1) is 9.34. The number of amides is 1. The van der Waals surface area contributed by atoms with E-state index < -0.39 is 4.87 Å². The van der Waals surface area contributed by atoms with E-state index in [1.54, 1.807) is 24.2 Å². The summed E-state index contributed by atoms with van der Waals surface area (Å²) in [5.41, 5.74) is 2.39. The largest absolute Gasteiger partial charge is 0.312 e. The molecule has 1 aromatic heterocycles. The SMILES string of the molecule is O=C1c2nccnc2C2(c3ccccc3)SCCN12. The Balaban J connectivity index is 2.02. The van der Waals surface area contributed by atoms with Gasteiger partial charge in [-0.1, -0.05) is 30.3 Å². The van der Waals surface area contributed by atoms with Gasteiger partial charge in [-0.15, -0.1) is 11.8 Å². The third-order valence-corrected chi connectivity index (χ3v) is 5.09. The Hall–Kier alpha value is -1.88. The maximum atomic E-state index is 12.5. The van der Waals surface area contributed by atoms with Gasteiger partial charge in [0, 0.05) is 24.7 Å². The number of carbonyl (C=O) groups is 1. The van der Waals surface area contributed by atoms with E-state index in [0.717, 1.165) is 23.6 Å². The molecule has 1 aromatic carbocycles. The van der Waals surface area contributed by atoms with E-state index in [4.69, 9.17) is 0 Å². The molecule has 5 heteroatoms. The van der Waals surface area contributed by atoms with Gasteiger partial charge >= 0.3 is 0 Å². The van der Waals surface area contributed by atoms with Gasteiger partial charge in [0.05, 0.1) is 0 Å². The Bertz CT molecular complexity index is 661. The molecule has 1 fully saturated rings. The Kier molecular flexibility index (Phi) is 2.20. The van der Waals surface area contributed by atoms with E-state index in [-0.39, 0.29) is 5.91 Å². The lowest BCUT2D eigenvalue weighted by Gasteiger charge is -2.31. The van der Waals surface area contributed by atoms with Crippen LogP contribution in [0.25, 0.3) is 0 Å². The van der Waals surface area contributed by atoms with Crippen LogP contribution in [-0.4, -0.2) is 33.1 Å². The van der Waals surface area contributed by atoms with Gasteiger partial charge in [-0.3, -0.25) is 9.78 Å². The molecule has 19 heavy (non-hydrogen) atoms. The van der Waals surface area contributed by atoms with Gasteiger partial charge in [0.25, 0.3) is 5.91 Å². The van der Waals surface area contributed by atoms with Crippen LogP contribution in [0.1, 0.15) is 21.7 Å². The summed E-state index contributed by atoms with van der Waals surface area (Å²) in [6.07, 6.45) is 3.25. The van der Waals surface area contributed by atoms with Gasteiger partial charge in [0.1, 0.15) is 5.69 Å². The van der Waals surface area contributed by atoms with Crippen LogP contribution >= 0.6 is 11.8 Å². The lowest BCUT2D eigenvalue weighted by Crippen LogP contribution is -2.38. The van der Waals surface area contributed by atoms with Gasteiger partial charge in [0.15, 0.2) is 10.6 Å². The maximum absolute atomic E-state index is 12.5. The molecule has 0 saturated carbocycles. The van der Waals surface area contributed by atoms with Gasteiger partial charge < -0.3 is 4.90 Å². The van der Waals surface area contributed by atoms with Crippen molar-refractivity contribution in [3.05, 3.63) is 59.7 Å². The van der Waals surface area contributed by atoms with Crippen molar-refractivity contribution in [3.63, 3.8) is 0 Å². The molecule has 1 unspecified atom stereocenters. The van der Waals surface area contributed by atoms with E-state index in [9.17, 15) is 4.79 Å². The Labute approximate surface area is 114 Å². The lowest BCUT2D eigenvalue weighted by atomic mass is 10.0. The molecular weight excluding hydrogens is 258 g/mol. The second-order valence-electron chi connectivity index (χ2n) is 4.57. The minimum atomic E-state index is -0.470. The molecule has 94 valence electrons. The summed E-state index contributed by atoms with van der Waals surface area (Å²) >= 11 is 1.76. The smallest absolute Gasteiger partial charge is 0.276 e. The fourth-order valence-corrected chi connectivity index (χ4v) is 4.36. The van der Waals surface area contributed by atoms with Crippen LogP contribution in [0.4, 0.5) is 0 Å². The normalized spacial score (nSPS) is 24.4. The summed E-state index contributed by atoms with van der Waals surface area (Å²) in [6.45, 7) is 0.746. The predicted octanol–water partition coefficient (Wildman–Crippen LogP) is 1.88.